The Labute approximate surface area is 90.8 Å². The van der Waals surface area contributed by atoms with Crippen molar-refractivity contribution in [3.63, 3.8) is 0 Å². The van der Waals surface area contributed by atoms with Crippen LogP contribution in [-0.4, -0.2) is 20.5 Å². The lowest BCUT2D eigenvalue weighted by Gasteiger charge is -1.94. The van der Waals surface area contributed by atoms with E-state index in [0.717, 1.165) is 5.52 Å². The maximum atomic E-state index is 11.2. The first kappa shape index (κ1) is 8.91. The standard InChI is InChI=1S/C12H8N2O2/c15-12(16)10-8-4-1-2-7-14(8)9-5-3-6-13-11(9)10/h1-7H,(H,15,16). The summed E-state index contributed by atoms with van der Waals surface area (Å²) in [4.78, 5) is 15.4. The van der Waals surface area contributed by atoms with Crippen LogP contribution in [0.3, 0.4) is 0 Å². The third-order valence-corrected chi connectivity index (χ3v) is 2.61. The molecule has 3 heterocycles. The van der Waals surface area contributed by atoms with Gasteiger partial charge in [0.25, 0.3) is 0 Å². The molecular weight excluding hydrogens is 204 g/mol. The van der Waals surface area contributed by atoms with E-state index in [0.29, 0.717) is 11.0 Å². The van der Waals surface area contributed by atoms with Crippen molar-refractivity contribution in [1.29, 1.82) is 0 Å². The molecule has 0 spiro atoms. The minimum atomic E-state index is -0.947. The van der Waals surface area contributed by atoms with Gasteiger partial charge in [-0.1, -0.05) is 6.07 Å². The number of carboxylic acid groups (broad SMARTS) is 1. The SMILES string of the molecule is O=C(O)c1c2ncccc2n2ccccc12. The molecule has 3 aromatic heterocycles. The molecule has 16 heavy (non-hydrogen) atoms. The zero-order valence-electron chi connectivity index (χ0n) is 8.29. The lowest BCUT2D eigenvalue weighted by molar-refractivity contribution is 0.0701. The van der Waals surface area contributed by atoms with Crippen molar-refractivity contribution in [2.24, 2.45) is 0 Å². The second kappa shape index (κ2) is 3.06. The maximum Gasteiger partial charge on any atom is 0.340 e. The zero-order valence-corrected chi connectivity index (χ0v) is 8.29. The Morgan fingerprint density at radius 1 is 1.19 bits per heavy atom. The summed E-state index contributed by atoms with van der Waals surface area (Å²) in [5, 5.41) is 9.22. The van der Waals surface area contributed by atoms with Crippen LogP contribution in [0.15, 0.2) is 42.7 Å². The fourth-order valence-corrected chi connectivity index (χ4v) is 1.97. The first-order valence-corrected chi connectivity index (χ1v) is 4.86. The Kier molecular flexibility index (Phi) is 1.71. The summed E-state index contributed by atoms with van der Waals surface area (Å²) < 4.78 is 1.84. The fraction of sp³-hybridized carbons (Fsp3) is 0. The lowest BCUT2D eigenvalue weighted by atomic mass is 10.2. The molecule has 0 saturated carbocycles. The average molecular weight is 212 g/mol. The van der Waals surface area contributed by atoms with Gasteiger partial charge in [0.15, 0.2) is 0 Å². The molecule has 0 amide bonds. The number of carbonyl (C=O) groups is 1. The van der Waals surface area contributed by atoms with E-state index in [-0.39, 0.29) is 5.56 Å². The molecule has 0 aromatic carbocycles. The largest absolute Gasteiger partial charge is 0.478 e. The van der Waals surface area contributed by atoms with Gasteiger partial charge < -0.3 is 9.51 Å². The lowest BCUT2D eigenvalue weighted by Crippen LogP contribution is -1.96. The van der Waals surface area contributed by atoms with E-state index in [1.54, 1.807) is 18.3 Å². The second-order valence-electron chi connectivity index (χ2n) is 3.51. The van der Waals surface area contributed by atoms with E-state index in [9.17, 15) is 9.90 Å². The quantitative estimate of drug-likeness (QED) is 0.672. The Hall–Kier alpha value is -2.36. The monoisotopic (exact) mass is 212 g/mol. The van der Waals surface area contributed by atoms with E-state index >= 15 is 0 Å². The Morgan fingerprint density at radius 2 is 2.00 bits per heavy atom. The van der Waals surface area contributed by atoms with E-state index < -0.39 is 5.97 Å². The summed E-state index contributed by atoms with van der Waals surface area (Å²) in [6.07, 6.45) is 3.44. The normalized spacial score (nSPS) is 11.0. The summed E-state index contributed by atoms with van der Waals surface area (Å²) in [5.41, 5.74) is 2.27. The topological polar surface area (TPSA) is 54.6 Å². The van der Waals surface area contributed by atoms with Crippen molar-refractivity contribution in [1.82, 2.24) is 9.38 Å². The summed E-state index contributed by atoms with van der Waals surface area (Å²) in [5.74, 6) is -0.947. The number of fused-ring (bicyclic) bond motifs is 3. The van der Waals surface area contributed by atoms with Crippen LogP contribution >= 0.6 is 0 Å². The van der Waals surface area contributed by atoms with Crippen molar-refractivity contribution in [2.75, 3.05) is 0 Å². The molecule has 3 rings (SSSR count). The number of hydrogen-bond acceptors (Lipinski definition) is 2. The van der Waals surface area contributed by atoms with Crippen molar-refractivity contribution in [3.05, 3.63) is 48.3 Å². The highest BCUT2D eigenvalue weighted by Gasteiger charge is 2.17. The molecule has 0 radical (unpaired) electrons. The van der Waals surface area contributed by atoms with Gasteiger partial charge in [-0.3, -0.25) is 4.98 Å². The number of nitrogens with zero attached hydrogens (tertiary/aromatic N) is 2. The Balaban J connectivity index is 2.64. The molecule has 3 aromatic rings. The molecule has 0 aliphatic heterocycles. The van der Waals surface area contributed by atoms with Crippen molar-refractivity contribution in [2.45, 2.75) is 0 Å². The van der Waals surface area contributed by atoms with Gasteiger partial charge in [-0.2, -0.15) is 0 Å². The Bertz CT molecular complexity index is 647. The van der Waals surface area contributed by atoms with Gasteiger partial charge in [0.05, 0.1) is 11.0 Å². The van der Waals surface area contributed by atoms with E-state index in [1.165, 1.54) is 0 Å². The van der Waals surface area contributed by atoms with Crippen molar-refractivity contribution >= 4 is 22.5 Å². The molecule has 0 aliphatic rings. The highest BCUT2D eigenvalue weighted by atomic mass is 16.4. The molecule has 0 atom stereocenters. The predicted octanol–water partition coefficient (Wildman–Crippen LogP) is 2.19. The van der Waals surface area contributed by atoms with E-state index in [2.05, 4.69) is 4.98 Å². The molecule has 0 unspecified atom stereocenters. The summed E-state index contributed by atoms with van der Waals surface area (Å²) in [6.45, 7) is 0. The number of carboxylic acids is 1. The molecule has 0 bridgehead atoms. The third-order valence-electron chi connectivity index (χ3n) is 2.61. The van der Waals surface area contributed by atoms with Gasteiger partial charge >= 0.3 is 5.97 Å². The zero-order chi connectivity index (χ0) is 11.1. The average Bonchev–Trinajstić information content (AvgIpc) is 2.63. The minimum absolute atomic E-state index is 0.260. The second-order valence-corrected chi connectivity index (χ2v) is 3.51. The number of aromatic nitrogens is 2. The van der Waals surface area contributed by atoms with Gasteiger partial charge in [0, 0.05) is 12.4 Å². The molecule has 1 N–H and O–H groups in total. The van der Waals surface area contributed by atoms with Crippen LogP contribution in [0.2, 0.25) is 0 Å². The minimum Gasteiger partial charge on any atom is -0.478 e. The highest BCUT2D eigenvalue weighted by Crippen LogP contribution is 2.24. The van der Waals surface area contributed by atoms with Crippen LogP contribution in [0.1, 0.15) is 10.4 Å². The molecule has 78 valence electrons. The molecule has 4 heteroatoms. The number of rotatable bonds is 1. The molecule has 0 fully saturated rings. The number of aromatic carboxylic acids is 1. The molecule has 4 nitrogen and oxygen atoms in total. The summed E-state index contributed by atoms with van der Waals surface area (Å²) in [6, 6.07) is 9.13. The Morgan fingerprint density at radius 3 is 2.81 bits per heavy atom. The van der Waals surface area contributed by atoms with Gasteiger partial charge in [0.2, 0.25) is 0 Å². The van der Waals surface area contributed by atoms with Gasteiger partial charge in [0.1, 0.15) is 11.1 Å². The molecule has 0 saturated heterocycles. The summed E-state index contributed by atoms with van der Waals surface area (Å²) in [7, 11) is 0. The van der Waals surface area contributed by atoms with E-state index in [4.69, 9.17) is 0 Å². The molecular formula is C12H8N2O2. The molecule has 0 aliphatic carbocycles. The van der Waals surface area contributed by atoms with Crippen molar-refractivity contribution < 1.29 is 9.90 Å². The van der Waals surface area contributed by atoms with Gasteiger partial charge in [-0.05, 0) is 24.3 Å². The van der Waals surface area contributed by atoms with Gasteiger partial charge in [-0.25, -0.2) is 4.79 Å². The fourth-order valence-electron chi connectivity index (χ4n) is 1.97. The number of pyridine rings is 2. The van der Waals surface area contributed by atoms with Crippen LogP contribution in [0.4, 0.5) is 0 Å². The first-order valence-electron chi connectivity index (χ1n) is 4.86. The predicted molar refractivity (Wildman–Crippen MR) is 59.7 cm³/mol. The van der Waals surface area contributed by atoms with Crippen LogP contribution in [-0.2, 0) is 0 Å². The first-order chi connectivity index (χ1) is 7.79. The maximum absolute atomic E-state index is 11.2. The smallest absolute Gasteiger partial charge is 0.340 e. The van der Waals surface area contributed by atoms with Crippen LogP contribution in [0, 0.1) is 0 Å². The van der Waals surface area contributed by atoms with Crippen LogP contribution in [0.25, 0.3) is 16.6 Å². The van der Waals surface area contributed by atoms with Crippen LogP contribution in [0.5, 0.6) is 0 Å². The number of hydrogen-bond donors (Lipinski definition) is 1. The van der Waals surface area contributed by atoms with E-state index in [1.807, 2.05) is 28.8 Å². The summed E-state index contributed by atoms with van der Waals surface area (Å²) >= 11 is 0. The van der Waals surface area contributed by atoms with Crippen molar-refractivity contribution in [3.8, 4) is 0 Å². The highest BCUT2D eigenvalue weighted by molar-refractivity contribution is 6.09. The van der Waals surface area contributed by atoms with Crippen LogP contribution < -0.4 is 0 Å². The van der Waals surface area contributed by atoms with Gasteiger partial charge in [-0.15, -0.1) is 0 Å². The third kappa shape index (κ3) is 1.04.